The van der Waals surface area contributed by atoms with E-state index < -0.39 is 0 Å². The molecular weight excluding hydrogens is 320 g/mol. The molecule has 0 saturated heterocycles. The Hall–Kier alpha value is -3.02. The summed E-state index contributed by atoms with van der Waals surface area (Å²) in [6, 6.07) is 12.7. The number of methoxy groups -OCH3 is 1. The van der Waals surface area contributed by atoms with E-state index in [1.807, 2.05) is 37.3 Å². The highest BCUT2D eigenvalue weighted by atomic mass is 16.5. The third kappa shape index (κ3) is 3.91. The first-order chi connectivity index (χ1) is 12.1. The van der Waals surface area contributed by atoms with Crippen molar-refractivity contribution in [3.63, 3.8) is 0 Å². The van der Waals surface area contributed by atoms with E-state index in [0.29, 0.717) is 17.9 Å². The van der Waals surface area contributed by atoms with Gasteiger partial charge in [0.1, 0.15) is 0 Å². The summed E-state index contributed by atoms with van der Waals surface area (Å²) in [6.07, 6.45) is 0.376. The molecular formula is C19H20N2O4. The topological polar surface area (TPSA) is 76.7 Å². The summed E-state index contributed by atoms with van der Waals surface area (Å²) in [5.74, 6) is 0.871. The maximum atomic E-state index is 12.1. The van der Waals surface area contributed by atoms with Gasteiger partial charge in [0.15, 0.2) is 18.1 Å². The lowest BCUT2D eigenvalue weighted by molar-refractivity contribution is -0.123. The van der Waals surface area contributed by atoms with Crippen molar-refractivity contribution >= 4 is 17.5 Å². The lowest BCUT2D eigenvalue weighted by Gasteiger charge is -2.16. The third-order valence-corrected chi connectivity index (χ3v) is 4.06. The molecule has 0 saturated carbocycles. The van der Waals surface area contributed by atoms with Gasteiger partial charge in [-0.3, -0.25) is 9.59 Å². The molecule has 1 aliphatic rings. The van der Waals surface area contributed by atoms with Gasteiger partial charge in [0.25, 0.3) is 5.91 Å². The highest BCUT2D eigenvalue weighted by molar-refractivity contribution is 5.99. The SMILES string of the molecule is COc1ccccc1OCC(=O)N[C@@H](C)c1ccc2c(c1)CC(=O)N2. The number of ether oxygens (including phenoxy) is 2. The summed E-state index contributed by atoms with van der Waals surface area (Å²) in [5, 5.41) is 5.69. The van der Waals surface area contributed by atoms with Gasteiger partial charge in [-0.15, -0.1) is 0 Å². The minimum Gasteiger partial charge on any atom is -0.493 e. The Balaban J connectivity index is 1.58. The van der Waals surface area contributed by atoms with Crippen LogP contribution in [0.15, 0.2) is 42.5 Å². The molecule has 1 heterocycles. The van der Waals surface area contributed by atoms with Crippen LogP contribution in [-0.4, -0.2) is 25.5 Å². The average molecular weight is 340 g/mol. The van der Waals surface area contributed by atoms with Crippen LogP contribution in [0.4, 0.5) is 5.69 Å². The Morgan fingerprint density at radius 1 is 1.24 bits per heavy atom. The van der Waals surface area contributed by atoms with Gasteiger partial charge in [-0.05, 0) is 36.2 Å². The molecule has 6 heteroatoms. The number of benzene rings is 2. The first kappa shape index (κ1) is 16.8. The zero-order valence-electron chi connectivity index (χ0n) is 14.2. The second kappa shape index (κ2) is 7.25. The normalized spacial score (nSPS) is 13.6. The summed E-state index contributed by atoms with van der Waals surface area (Å²) in [7, 11) is 1.55. The van der Waals surface area contributed by atoms with Gasteiger partial charge >= 0.3 is 0 Å². The van der Waals surface area contributed by atoms with E-state index in [9.17, 15) is 9.59 Å². The summed E-state index contributed by atoms with van der Waals surface area (Å²) in [6.45, 7) is 1.79. The Labute approximate surface area is 146 Å². The second-order valence-electron chi connectivity index (χ2n) is 5.87. The Bertz CT molecular complexity index is 804. The molecule has 1 atom stereocenters. The molecule has 1 aliphatic heterocycles. The molecule has 2 aromatic carbocycles. The number of rotatable bonds is 6. The first-order valence-electron chi connectivity index (χ1n) is 8.04. The van der Waals surface area contributed by atoms with Crippen LogP contribution < -0.4 is 20.1 Å². The lowest BCUT2D eigenvalue weighted by atomic mass is 10.0. The summed E-state index contributed by atoms with van der Waals surface area (Å²) < 4.78 is 10.7. The highest BCUT2D eigenvalue weighted by Crippen LogP contribution is 2.27. The maximum absolute atomic E-state index is 12.1. The standard InChI is InChI=1S/C19H20N2O4/c1-12(13-7-8-15-14(9-13)10-18(22)21-15)20-19(23)11-25-17-6-4-3-5-16(17)24-2/h3-9,12H,10-11H2,1-2H3,(H,20,23)(H,21,22)/t12-/m0/s1. The van der Waals surface area contributed by atoms with Crippen LogP contribution in [0.25, 0.3) is 0 Å². The average Bonchev–Trinajstić information content (AvgIpc) is 2.99. The number of anilines is 1. The molecule has 2 aromatic rings. The molecule has 25 heavy (non-hydrogen) atoms. The maximum Gasteiger partial charge on any atom is 0.258 e. The highest BCUT2D eigenvalue weighted by Gasteiger charge is 2.19. The van der Waals surface area contributed by atoms with Crippen molar-refractivity contribution in [2.45, 2.75) is 19.4 Å². The van der Waals surface area contributed by atoms with E-state index in [-0.39, 0.29) is 24.5 Å². The van der Waals surface area contributed by atoms with Gasteiger partial charge in [0.05, 0.1) is 19.6 Å². The number of amides is 2. The van der Waals surface area contributed by atoms with Crippen LogP contribution in [0, 0.1) is 0 Å². The number of nitrogens with one attached hydrogen (secondary N) is 2. The van der Waals surface area contributed by atoms with Crippen LogP contribution in [0.1, 0.15) is 24.1 Å². The number of carbonyl (C=O) groups excluding carboxylic acids is 2. The lowest BCUT2D eigenvalue weighted by Crippen LogP contribution is -2.31. The molecule has 3 rings (SSSR count). The molecule has 0 bridgehead atoms. The Morgan fingerprint density at radius 2 is 2.00 bits per heavy atom. The number of para-hydroxylation sites is 2. The Morgan fingerprint density at radius 3 is 2.76 bits per heavy atom. The molecule has 0 radical (unpaired) electrons. The fourth-order valence-electron chi connectivity index (χ4n) is 2.77. The predicted molar refractivity (Wildman–Crippen MR) is 93.8 cm³/mol. The zero-order chi connectivity index (χ0) is 17.8. The van der Waals surface area contributed by atoms with Gasteiger partial charge < -0.3 is 20.1 Å². The van der Waals surface area contributed by atoms with E-state index in [1.54, 1.807) is 19.2 Å². The van der Waals surface area contributed by atoms with Crippen LogP contribution in [-0.2, 0) is 16.0 Å². The monoisotopic (exact) mass is 340 g/mol. The van der Waals surface area contributed by atoms with Crippen molar-refractivity contribution in [2.75, 3.05) is 19.0 Å². The molecule has 0 spiro atoms. The molecule has 2 N–H and O–H groups in total. The third-order valence-electron chi connectivity index (χ3n) is 4.06. The smallest absolute Gasteiger partial charge is 0.258 e. The van der Waals surface area contributed by atoms with E-state index in [4.69, 9.17) is 9.47 Å². The van der Waals surface area contributed by atoms with Gasteiger partial charge in [-0.2, -0.15) is 0 Å². The second-order valence-corrected chi connectivity index (χ2v) is 5.87. The quantitative estimate of drug-likeness (QED) is 0.847. The Kier molecular flexibility index (Phi) is 4.88. The fourth-order valence-corrected chi connectivity index (χ4v) is 2.77. The fraction of sp³-hybridized carbons (Fsp3) is 0.263. The van der Waals surface area contributed by atoms with Crippen LogP contribution >= 0.6 is 0 Å². The van der Waals surface area contributed by atoms with E-state index >= 15 is 0 Å². The number of hydrogen-bond donors (Lipinski definition) is 2. The largest absolute Gasteiger partial charge is 0.493 e. The van der Waals surface area contributed by atoms with Crippen molar-refractivity contribution < 1.29 is 19.1 Å². The van der Waals surface area contributed by atoms with Crippen LogP contribution in [0.2, 0.25) is 0 Å². The van der Waals surface area contributed by atoms with Gasteiger partial charge in [-0.25, -0.2) is 0 Å². The van der Waals surface area contributed by atoms with E-state index in [0.717, 1.165) is 16.8 Å². The number of fused-ring (bicyclic) bond motifs is 1. The molecule has 0 aromatic heterocycles. The van der Waals surface area contributed by atoms with E-state index in [2.05, 4.69) is 10.6 Å². The van der Waals surface area contributed by atoms with Crippen LogP contribution in [0.3, 0.4) is 0 Å². The summed E-state index contributed by atoms with van der Waals surface area (Å²) >= 11 is 0. The van der Waals surface area contributed by atoms with Crippen molar-refractivity contribution in [2.24, 2.45) is 0 Å². The number of hydrogen-bond acceptors (Lipinski definition) is 4. The van der Waals surface area contributed by atoms with Gasteiger partial charge in [0, 0.05) is 5.69 Å². The zero-order valence-corrected chi connectivity index (χ0v) is 14.2. The molecule has 0 fully saturated rings. The minimum atomic E-state index is -0.229. The molecule has 0 unspecified atom stereocenters. The number of carbonyl (C=O) groups is 2. The predicted octanol–water partition coefficient (Wildman–Crippen LogP) is 2.45. The van der Waals surface area contributed by atoms with Gasteiger partial charge in [-0.1, -0.05) is 24.3 Å². The molecule has 130 valence electrons. The van der Waals surface area contributed by atoms with Crippen molar-refractivity contribution in [1.29, 1.82) is 0 Å². The van der Waals surface area contributed by atoms with Crippen molar-refractivity contribution in [3.05, 3.63) is 53.6 Å². The summed E-state index contributed by atoms with van der Waals surface area (Å²) in [5.41, 5.74) is 2.74. The van der Waals surface area contributed by atoms with E-state index in [1.165, 1.54) is 0 Å². The molecule has 2 amide bonds. The van der Waals surface area contributed by atoms with Crippen molar-refractivity contribution in [1.82, 2.24) is 5.32 Å². The van der Waals surface area contributed by atoms with Crippen molar-refractivity contribution in [3.8, 4) is 11.5 Å². The molecule has 0 aliphatic carbocycles. The first-order valence-corrected chi connectivity index (χ1v) is 8.04. The van der Waals surface area contributed by atoms with Gasteiger partial charge in [0.2, 0.25) is 5.91 Å². The minimum absolute atomic E-state index is 0.00551. The molecule has 6 nitrogen and oxygen atoms in total. The van der Waals surface area contributed by atoms with Crippen LogP contribution in [0.5, 0.6) is 11.5 Å². The summed E-state index contributed by atoms with van der Waals surface area (Å²) in [4.78, 5) is 23.6.